The molecule has 0 atom stereocenters. The van der Waals surface area contributed by atoms with Gasteiger partial charge in [-0.25, -0.2) is 4.98 Å². The average molecular weight is 208 g/mol. The van der Waals surface area contributed by atoms with E-state index in [1.54, 1.807) is 11.3 Å². The van der Waals surface area contributed by atoms with Gasteiger partial charge in [0.2, 0.25) is 0 Å². The maximum absolute atomic E-state index is 4.47. The first-order valence-electron chi connectivity index (χ1n) is 4.32. The lowest BCUT2D eigenvalue weighted by Gasteiger charge is -2.04. The number of nitrogens with zero attached hydrogens (tertiary/aromatic N) is 3. The number of aryl methyl sites for hydroxylation is 1. The average Bonchev–Trinajstić information content (AvgIpc) is 2.71. The second kappa shape index (κ2) is 3.42. The van der Waals surface area contributed by atoms with Gasteiger partial charge in [-0.1, -0.05) is 11.3 Å². The number of hydrogen-bond acceptors (Lipinski definition) is 4. The van der Waals surface area contributed by atoms with Crippen molar-refractivity contribution in [1.29, 1.82) is 0 Å². The predicted molar refractivity (Wildman–Crippen MR) is 58.8 cm³/mol. The quantitative estimate of drug-likeness (QED) is 0.820. The van der Waals surface area contributed by atoms with E-state index in [9.17, 15) is 0 Å². The lowest BCUT2D eigenvalue weighted by Crippen LogP contribution is -2.07. The van der Waals surface area contributed by atoms with Gasteiger partial charge in [-0.05, 0) is 6.92 Å². The first kappa shape index (κ1) is 9.21. The van der Waals surface area contributed by atoms with Crippen LogP contribution in [0, 0.1) is 6.92 Å². The molecule has 0 saturated heterocycles. The smallest absolute Gasteiger partial charge is 0.185 e. The Balaban J connectivity index is 2.45. The Hall–Kier alpha value is -1.36. The number of H-pyrrole nitrogens is 1. The Kier molecular flexibility index (Phi) is 2.25. The first-order valence-corrected chi connectivity index (χ1v) is 5.14. The second-order valence-electron chi connectivity index (χ2n) is 3.29. The second-order valence-corrected chi connectivity index (χ2v) is 4.27. The summed E-state index contributed by atoms with van der Waals surface area (Å²) < 4.78 is 0. The standard InChI is InChI=1S/C9H12N4S/c1-6-8(7-4-10-11-5-7)14-9(12-6)13(2)3/h4-5H,1-3H3,(H,10,11). The monoisotopic (exact) mass is 208 g/mol. The topological polar surface area (TPSA) is 44.8 Å². The van der Waals surface area contributed by atoms with Crippen LogP contribution in [0.1, 0.15) is 5.69 Å². The number of hydrogen-bond donors (Lipinski definition) is 1. The van der Waals surface area contributed by atoms with Crippen LogP contribution in [-0.2, 0) is 0 Å². The molecule has 14 heavy (non-hydrogen) atoms. The molecular weight excluding hydrogens is 196 g/mol. The van der Waals surface area contributed by atoms with E-state index in [1.807, 2.05) is 38.3 Å². The van der Waals surface area contributed by atoms with Gasteiger partial charge in [0.1, 0.15) is 0 Å². The van der Waals surface area contributed by atoms with Gasteiger partial charge in [0.05, 0.1) is 16.8 Å². The van der Waals surface area contributed by atoms with Crippen molar-refractivity contribution in [3.63, 3.8) is 0 Å². The normalized spacial score (nSPS) is 10.5. The van der Waals surface area contributed by atoms with Gasteiger partial charge in [0, 0.05) is 25.9 Å². The van der Waals surface area contributed by atoms with Crippen LogP contribution in [0.5, 0.6) is 0 Å². The minimum absolute atomic E-state index is 1.03. The molecule has 0 bridgehead atoms. The summed E-state index contributed by atoms with van der Waals surface area (Å²) in [5, 5.41) is 7.77. The molecule has 74 valence electrons. The van der Waals surface area contributed by atoms with E-state index in [1.165, 1.54) is 4.88 Å². The number of nitrogens with one attached hydrogen (secondary N) is 1. The summed E-state index contributed by atoms with van der Waals surface area (Å²) in [4.78, 5) is 7.67. The number of anilines is 1. The van der Waals surface area contributed by atoms with E-state index in [-0.39, 0.29) is 0 Å². The minimum Gasteiger partial charge on any atom is -0.354 e. The number of aromatic amines is 1. The maximum Gasteiger partial charge on any atom is 0.185 e. The molecule has 0 unspecified atom stereocenters. The van der Waals surface area contributed by atoms with E-state index in [2.05, 4.69) is 15.2 Å². The van der Waals surface area contributed by atoms with Gasteiger partial charge in [0.25, 0.3) is 0 Å². The molecule has 2 heterocycles. The predicted octanol–water partition coefficient (Wildman–Crippen LogP) is 1.91. The van der Waals surface area contributed by atoms with Gasteiger partial charge in [-0.3, -0.25) is 5.10 Å². The highest BCUT2D eigenvalue weighted by Gasteiger charge is 2.11. The minimum atomic E-state index is 1.03. The molecule has 0 fully saturated rings. The van der Waals surface area contributed by atoms with E-state index < -0.39 is 0 Å². The summed E-state index contributed by atoms with van der Waals surface area (Å²) in [6, 6.07) is 0. The molecule has 4 nitrogen and oxygen atoms in total. The van der Waals surface area contributed by atoms with E-state index in [0.717, 1.165) is 16.4 Å². The van der Waals surface area contributed by atoms with E-state index >= 15 is 0 Å². The van der Waals surface area contributed by atoms with Gasteiger partial charge in [-0.15, -0.1) is 0 Å². The summed E-state index contributed by atoms with van der Waals surface area (Å²) in [7, 11) is 3.99. The Morgan fingerprint density at radius 2 is 2.21 bits per heavy atom. The molecule has 0 aliphatic heterocycles. The largest absolute Gasteiger partial charge is 0.354 e. The van der Waals surface area contributed by atoms with Crippen LogP contribution in [0.2, 0.25) is 0 Å². The fourth-order valence-electron chi connectivity index (χ4n) is 1.22. The third-order valence-electron chi connectivity index (χ3n) is 1.93. The van der Waals surface area contributed by atoms with Crippen molar-refractivity contribution in [2.24, 2.45) is 0 Å². The Bertz CT molecular complexity index is 416. The number of rotatable bonds is 2. The fraction of sp³-hybridized carbons (Fsp3) is 0.333. The van der Waals surface area contributed by atoms with Crippen molar-refractivity contribution < 1.29 is 0 Å². The molecule has 1 N–H and O–H groups in total. The highest BCUT2D eigenvalue weighted by atomic mass is 32.1. The highest BCUT2D eigenvalue weighted by Crippen LogP contribution is 2.32. The summed E-state index contributed by atoms with van der Waals surface area (Å²) in [6.45, 7) is 2.02. The molecule has 2 aromatic heterocycles. The lowest BCUT2D eigenvalue weighted by molar-refractivity contribution is 1.09. The molecule has 2 aromatic rings. The first-order chi connectivity index (χ1) is 6.68. The third-order valence-corrected chi connectivity index (χ3v) is 3.30. The van der Waals surface area contributed by atoms with Crippen molar-refractivity contribution in [2.75, 3.05) is 19.0 Å². The zero-order chi connectivity index (χ0) is 10.1. The van der Waals surface area contributed by atoms with Crippen molar-refractivity contribution in [1.82, 2.24) is 15.2 Å². The molecular formula is C9H12N4S. The Morgan fingerprint density at radius 3 is 2.71 bits per heavy atom. The Labute approximate surface area is 86.6 Å². The molecule has 0 radical (unpaired) electrons. The third kappa shape index (κ3) is 1.50. The van der Waals surface area contributed by atoms with Gasteiger partial charge >= 0.3 is 0 Å². The Morgan fingerprint density at radius 1 is 1.43 bits per heavy atom. The van der Waals surface area contributed by atoms with E-state index in [0.29, 0.717) is 0 Å². The van der Waals surface area contributed by atoms with Crippen LogP contribution in [-0.4, -0.2) is 29.3 Å². The van der Waals surface area contributed by atoms with Crippen molar-refractivity contribution >= 4 is 16.5 Å². The zero-order valence-corrected chi connectivity index (χ0v) is 9.22. The molecule has 0 aliphatic rings. The van der Waals surface area contributed by atoms with Gasteiger partial charge in [-0.2, -0.15) is 5.10 Å². The van der Waals surface area contributed by atoms with Crippen LogP contribution >= 0.6 is 11.3 Å². The number of thiazole rings is 1. The molecule has 2 rings (SSSR count). The van der Waals surface area contributed by atoms with Crippen LogP contribution < -0.4 is 4.90 Å². The van der Waals surface area contributed by atoms with Crippen molar-refractivity contribution in [2.45, 2.75) is 6.92 Å². The van der Waals surface area contributed by atoms with Gasteiger partial charge < -0.3 is 4.90 Å². The fourth-order valence-corrected chi connectivity index (χ4v) is 2.19. The highest BCUT2D eigenvalue weighted by molar-refractivity contribution is 7.19. The SMILES string of the molecule is Cc1nc(N(C)C)sc1-c1cn[nH]c1. The van der Waals surface area contributed by atoms with Crippen LogP contribution in [0.4, 0.5) is 5.13 Å². The number of aromatic nitrogens is 3. The maximum atomic E-state index is 4.47. The lowest BCUT2D eigenvalue weighted by atomic mass is 10.2. The summed E-state index contributed by atoms with van der Waals surface area (Å²) in [5.41, 5.74) is 2.16. The van der Waals surface area contributed by atoms with Crippen molar-refractivity contribution in [3.8, 4) is 10.4 Å². The zero-order valence-electron chi connectivity index (χ0n) is 8.40. The molecule has 0 amide bonds. The van der Waals surface area contributed by atoms with E-state index in [4.69, 9.17) is 0 Å². The summed E-state index contributed by atoms with van der Waals surface area (Å²) in [6.07, 6.45) is 3.71. The molecule has 0 spiro atoms. The van der Waals surface area contributed by atoms with Crippen LogP contribution in [0.15, 0.2) is 12.4 Å². The molecule has 0 saturated carbocycles. The van der Waals surface area contributed by atoms with Gasteiger partial charge in [0.15, 0.2) is 5.13 Å². The summed E-state index contributed by atoms with van der Waals surface area (Å²) in [5.74, 6) is 0. The van der Waals surface area contributed by atoms with Crippen LogP contribution in [0.25, 0.3) is 10.4 Å². The van der Waals surface area contributed by atoms with Crippen molar-refractivity contribution in [3.05, 3.63) is 18.1 Å². The molecule has 0 aliphatic carbocycles. The summed E-state index contributed by atoms with van der Waals surface area (Å²) >= 11 is 1.68. The molecule has 5 heteroatoms. The van der Waals surface area contributed by atoms with Crippen LogP contribution in [0.3, 0.4) is 0 Å². The molecule has 0 aromatic carbocycles.